The van der Waals surface area contributed by atoms with E-state index < -0.39 is 20.0 Å². The molecule has 0 saturated heterocycles. The number of benzene rings is 2. The van der Waals surface area contributed by atoms with E-state index in [0.717, 1.165) is 62.5 Å². The lowest BCUT2D eigenvalue weighted by molar-refractivity contribution is 0.361. The SMILES string of the molecule is N[C@@H]1CCCC[C@H]1NS(=O)(=O)c1ccc(-c2ccc(S(=O)(=O)N[C@@H]3CCCC[C@H]3N)cc2)cc1. The smallest absolute Gasteiger partial charge is 0.240 e. The number of hydrogen-bond donors (Lipinski definition) is 4. The summed E-state index contributed by atoms with van der Waals surface area (Å²) in [5.74, 6) is 0. The minimum absolute atomic E-state index is 0.166. The maximum absolute atomic E-state index is 12.8. The first-order valence-corrected chi connectivity index (χ1v) is 14.9. The van der Waals surface area contributed by atoms with Crippen LogP contribution >= 0.6 is 0 Å². The molecule has 2 saturated carbocycles. The predicted molar refractivity (Wildman–Crippen MR) is 133 cm³/mol. The molecule has 0 aromatic heterocycles. The van der Waals surface area contributed by atoms with Gasteiger partial charge in [-0.3, -0.25) is 0 Å². The van der Waals surface area contributed by atoms with Crippen molar-refractivity contribution in [3.05, 3.63) is 48.5 Å². The molecule has 8 nitrogen and oxygen atoms in total. The maximum atomic E-state index is 12.8. The van der Waals surface area contributed by atoms with E-state index in [0.29, 0.717) is 0 Å². The summed E-state index contributed by atoms with van der Waals surface area (Å²) in [7, 11) is -7.33. The van der Waals surface area contributed by atoms with Gasteiger partial charge in [-0.2, -0.15) is 0 Å². The molecule has 4 rings (SSSR count). The Morgan fingerprint density at radius 3 is 1.21 bits per heavy atom. The fourth-order valence-corrected chi connectivity index (χ4v) is 7.44. The second-order valence-corrected chi connectivity index (χ2v) is 12.8. The Morgan fingerprint density at radius 1 is 0.559 bits per heavy atom. The summed E-state index contributed by atoms with van der Waals surface area (Å²) in [6.07, 6.45) is 7.12. The van der Waals surface area contributed by atoms with E-state index >= 15 is 0 Å². The van der Waals surface area contributed by atoms with Crippen LogP contribution in [0.5, 0.6) is 0 Å². The molecule has 34 heavy (non-hydrogen) atoms. The predicted octanol–water partition coefficient (Wildman–Crippen LogP) is 2.45. The Kier molecular flexibility index (Phi) is 7.75. The van der Waals surface area contributed by atoms with Crippen molar-refractivity contribution in [2.75, 3.05) is 0 Å². The molecule has 0 spiro atoms. The first-order valence-electron chi connectivity index (χ1n) is 11.9. The van der Waals surface area contributed by atoms with Gasteiger partial charge in [-0.05, 0) is 61.1 Å². The molecule has 0 radical (unpaired) electrons. The van der Waals surface area contributed by atoms with Gasteiger partial charge in [0.15, 0.2) is 0 Å². The number of nitrogens with two attached hydrogens (primary N) is 2. The van der Waals surface area contributed by atoms with E-state index in [4.69, 9.17) is 11.5 Å². The molecule has 2 aromatic carbocycles. The van der Waals surface area contributed by atoms with Crippen LogP contribution in [0.2, 0.25) is 0 Å². The molecule has 4 atom stereocenters. The second kappa shape index (κ2) is 10.4. The standard InChI is InChI=1S/C24H34N4O4S2/c25-21-5-1-3-7-23(21)27-33(29,30)19-13-9-17(10-14-19)18-11-15-20(16-12-18)34(31,32)28-24-8-4-2-6-22(24)26/h9-16,21-24,27-28H,1-8,25-26H2/t21-,22-,23-,24-/m1/s1. The summed E-state index contributed by atoms with van der Waals surface area (Å²) < 4.78 is 56.6. The van der Waals surface area contributed by atoms with Crippen LogP contribution in [0.3, 0.4) is 0 Å². The minimum atomic E-state index is -3.66. The minimum Gasteiger partial charge on any atom is -0.326 e. The van der Waals surface area contributed by atoms with Gasteiger partial charge >= 0.3 is 0 Å². The Bertz CT molecular complexity index is 1090. The van der Waals surface area contributed by atoms with Crippen LogP contribution in [0.15, 0.2) is 58.3 Å². The average Bonchev–Trinajstić information content (AvgIpc) is 2.82. The molecule has 0 heterocycles. The van der Waals surface area contributed by atoms with Crippen molar-refractivity contribution in [1.82, 2.24) is 9.44 Å². The Hall–Kier alpha value is -1.82. The van der Waals surface area contributed by atoms with Crippen LogP contribution < -0.4 is 20.9 Å². The summed E-state index contributed by atoms with van der Waals surface area (Å²) >= 11 is 0. The quantitative estimate of drug-likeness (QED) is 0.454. The molecule has 186 valence electrons. The van der Waals surface area contributed by atoms with Crippen molar-refractivity contribution in [2.24, 2.45) is 11.5 Å². The van der Waals surface area contributed by atoms with Gasteiger partial charge in [-0.1, -0.05) is 49.9 Å². The van der Waals surface area contributed by atoms with E-state index in [1.54, 1.807) is 48.5 Å². The molecule has 2 fully saturated rings. The van der Waals surface area contributed by atoms with Gasteiger partial charge in [-0.15, -0.1) is 0 Å². The zero-order chi connectivity index (χ0) is 24.3. The van der Waals surface area contributed by atoms with Crippen molar-refractivity contribution in [2.45, 2.75) is 85.3 Å². The lowest BCUT2D eigenvalue weighted by atomic mass is 9.92. The zero-order valence-corrected chi connectivity index (χ0v) is 20.8. The van der Waals surface area contributed by atoms with Crippen LogP contribution in [-0.2, 0) is 20.0 Å². The number of hydrogen-bond acceptors (Lipinski definition) is 6. The molecule has 2 aromatic rings. The molecule has 6 N–H and O–H groups in total. The highest BCUT2D eigenvalue weighted by Gasteiger charge is 2.28. The van der Waals surface area contributed by atoms with Crippen molar-refractivity contribution >= 4 is 20.0 Å². The van der Waals surface area contributed by atoms with Gasteiger partial charge in [0.25, 0.3) is 0 Å². The Morgan fingerprint density at radius 2 is 0.882 bits per heavy atom. The van der Waals surface area contributed by atoms with Crippen molar-refractivity contribution in [3.63, 3.8) is 0 Å². The fraction of sp³-hybridized carbons (Fsp3) is 0.500. The molecule has 0 unspecified atom stereocenters. The molecular formula is C24H34N4O4S2. The van der Waals surface area contributed by atoms with E-state index in [1.807, 2.05) is 0 Å². The summed E-state index contributed by atoms with van der Waals surface area (Å²) in [6.45, 7) is 0. The average molecular weight is 507 g/mol. The summed E-state index contributed by atoms with van der Waals surface area (Å²) in [6, 6.07) is 12.3. The van der Waals surface area contributed by atoms with Gasteiger partial charge < -0.3 is 11.5 Å². The maximum Gasteiger partial charge on any atom is 0.240 e. The normalized spacial score (nSPS) is 26.3. The first kappa shape index (κ1) is 25.3. The zero-order valence-electron chi connectivity index (χ0n) is 19.2. The molecular weight excluding hydrogens is 472 g/mol. The van der Waals surface area contributed by atoms with Crippen LogP contribution in [0.1, 0.15) is 51.4 Å². The van der Waals surface area contributed by atoms with Crippen LogP contribution in [0.25, 0.3) is 11.1 Å². The summed E-state index contributed by atoms with van der Waals surface area (Å²) in [4.78, 5) is 0.363. The fourth-order valence-electron chi connectivity index (χ4n) is 4.80. The highest BCUT2D eigenvalue weighted by molar-refractivity contribution is 7.89. The number of rotatable bonds is 7. The highest BCUT2D eigenvalue weighted by Crippen LogP contribution is 2.25. The highest BCUT2D eigenvalue weighted by atomic mass is 32.2. The first-order chi connectivity index (χ1) is 16.2. The van der Waals surface area contributed by atoms with Crippen LogP contribution in [0, 0.1) is 0 Å². The molecule has 2 aliphatic rings. The monoisotopic (exact) mass is 506 g/mol. The Balaban J connectivity index is 1.44. The number of nitrogens with one attached hydrogen (secondary N) is 2. The Labute approximate surface area is 202 Å². The van der Waals surface area contributed by atoms with E-state index in [-0.39, 0.29) is 34.0 Å². The molecule has 2 aliphatic carbocycles. The third-order valence-electron chi connectivity index (χ3n) is 6.91. The van der Waals surface area contributed by atoms with Gasteiger partial charge in [-0.25, -0.2) is 26.3 Å². The van der Waals surface area contributed by atoms with Crippen molar-refractivity contribution in [1.29, 1.82) is 0 Å². The lowest BCUT2D eigenvalue weighted by Gasteiger charge is -2.29. The molecule has 10 heteroatoms. The third-order valence-corrected chi connectivity index (χ3v) is 9.93. The molecule has 0 bridgehead atoms. The van der Waals surface area contributed by atoms with Gasteiger partial charge in [0.2, 0.25) is 20.0 Å². The second-order valence-electron chi connectivity index (χ2n) is 9.40. The number of sulfonamides is 2. The van der Waals surface area contributed by atoms with Gasteiger partial charge in [0.05, 0.1) is 9.79 Å². The van der Waals surface area contributed by atoms with Crippen LogP contribution in [0.4, 0.5) is 0 Å². The van der Waals surface area contributed by atoms with Gasteiger partial charge in [0.1, 0.15) is 0 Å². The summed E-state index contributed by atoms with van der Waals surface area (Å²) in [5, 5.41) is 0. The van der Waals surface area contributed by atoms with Gasteiger partial charge in [0, 0.05) is 24.2 Å². The largest absolute Gasteiger partial charge is 0.326 e. The third kappa shape index (κ3) is 5.87. The van der Waals surface area contributed by atoms with E-state index in [9.17, 15) is 16.8 Å². The summed E-state index contributed by atoms with van der Waals surface area (Å²) in [5.41, 5.74) is 13.8. The lowest BCUT2D eigenvalue weighted by Crippen LogP contribution is -2.49. The van der Waals surface area contributed by atoms with Crippen LogP contribution in [-0.4, -0.2) is 41.0 Å². The van der Waals surface area contributed by atoms with Crippen molar-refractivity contribution < 1.29 is 16.8 Å². The van der Waals surface area contributed by atoms with E-state index in [2.05, 4.69) is 9.44 Å². The van der Waals surface area contributed by atoms with Crippen molar-refractivity contribution in [3.8, 4) is 11.1 Å². The molecule has 0 amide bonds. The van der Waals surface area contributed by atoms with E-state index in [1.165, 1.54) is 0 Å². The molecule has 0 aliphatic heterocycles. The topological polar surface area (TPSA) is 144 Å².